The minimum absolute atomic E-state index is 0.158. The molecule has 4 nitrogen and oxygen atoms in total. The molecule has 0 aromatic rings. The molecule has 0 bridgehead atoms. The average Bonchev–Trinajstić information content (AvgIpc) is 2.41. The van der Waals surface area contributed by atoms with E-state index in [0.29, 0.717) is 12.8 Å². The molecule has 0 saturated carbocycles. The first-order chi connectivity index (χ1) is 9.94. The Morgan fingerprint density at radius 1 is 1.10 bits per heavy atom. The zero-order valence-corrected chi connectivity index (χ0v) is 13.0. The minimum Gasteiger partial charge on any atom is -0.481 e. The van der Waals surface area contributed by atoms with Crippen molar-refractivity contribution in [1.82, 2.24) is 0 Å². The van der Waals surface area contributed by atoms with Crippen LogP contribution in [0.4, 0.5) is 0 Å². The number of unbranched alkanes of at least 4 members (excludes halogenated alkanes) is 4. The van der Waals surface area contributed by atoms with Gasteiger partial charge in [-0.05, 0) is 25.8 Å². The molecule has 0 heterocycles. The number of ether oxygens (including phenoxy) is 1. The van der Waals surface area contributed by atoms with Crippen molar-refractivity contribution >= 4 is 11.9 Å². The Morgan fingerprint density at radius 3 is 2.33 bits per heavy atom. The van der Waals surface area contributed by atoms with Crippen LogP contribution in [0.15, 0.2) is 24.3 Å². The first-order valence-electron chi connectivity index (χ1n) is 7.74. The fourth-order valence-electron chi connectivity index (χ4n) is 2.32. The van der Waals surface area contributed by atoms with Crippen LogP contribution >= 0.6 is 0 Å². The van der Waals surface area contributed by atoms with Crippen molar-refractivity contribution in [3.63, 3.8) is 0 Å². The van der Waals surface area contributed by atoms with Gasteiger partial charge in [-0.15, -0.1) is 0 Å². The van der Waals surface area contributed by atoms with Crippen LogP contribution in [0, 0.1) is 5.92 Å². The van der Waals surface area contributed by atoms with Gasteiger partial charge in [-0.1, -0.05) is 44.4 Å². The minimum atomic E-state index is -0.740. The number of esters is 1. The predicted molar refractivity (Wildman–Crippen MR) is 81.9 cm³/mol. The highest BCUT2D eigenvalue weighted by atomic mass is 16.6. The number of carbonyl (C=O) groups excluding carboxylic acids is 1. The molecule has 1 N–H and O–H groups in total. The van der Waals surface area contributed by atoms with E-state index in [4.69, 9.17) is 9.84 Å². The Balaban J connectivity index is 2.13. The average molecular weight is 294 g/mol. The van der Waals surface area contributed by atoms with E-state index in [-0.39, 0.29) is 18.3 Å². The summed E-state index contributed by atoms with van der Waals surface area (Å²) in [6.45, 7) is 3.97. The lowest BCUT2D eigenvalue weighted by Crippen LogP contribution is -2.36. The molecular formula is C17H26O4. The summed E-state index contributed by atoms with van der Waals surface area (Å²) in [6, 6.07) is 0. The second kappa shape index (κ2) is 8.65. The first-order valence-corrected chi connectivity index (χ1v) is 7.74. The van der Waals surface area contributed by atoms with E-state index in [9.17, 15) is 9.59 Å². The van der Waals surface area contributed by atoms with Crippen molar-refractivity contribution in [2.75, 3.05) is 0 Å². The van der Waals surface area contributed by atoms with E-state index >= 15 is 0 Å². The predicted octanol–water partition coefficient (Wildman–Crippen LogP) is 3.87. The summed E-state index contributed by atoms with van der Waals surface area (Å²) in [4.78, 5) is 22.2. The quantitative estimate of drug-likeness (QED) is 0.518. The highest BCUT2D eigenvalue weighted by Crippen LogP contribution is 2.28. The van der Waals surface area contributed by atoms with Crippen LogP contribution < -0.4 is 0 Å². The lowest BCUT2D eigenvalue weighted by atomic mass is 9.87. The van der Waals surface area contributed by atoms with Crippen LogP contribution in [0.3, 0.4) is 0 Å². The normalized spacial score (nSPS) is 24.0. The van der Waals surface area contributed by atoms with Crippen molar-refractivity contribution < 1.29 is 19.4 Å². The molecule has 0 radical (unpaired) electrons. The Bertz CT molecular complexity index is 411. The maximum Gasteiger partial charge on any atom is 0.306 e. The molecular weight excluding hydrogens is 268 g/mol. The summed E-state index contributed by atoms with van der Waals surface area (Å²) in [6.07, 6.45) is 12.8. The molecule has 2 unspecified atom stereocenters. The number of carboxylic acid groups (broad SMARTS) is 1. The number of hydrogen-bond acceptors (Lipinski definition) is 3. The van der Waals surface area contributed by atoms with Crippen molar-refractivity contribution in [2.24, 2.45) is 5.92 Å². The van der Waals surface area contributed by atoms with Gasteiger partial charge >= 0.3 is 11.9 Å². The van der Waals surface area contributed by atoms with Gasteiger partial charge in [0.1, 0.15) is 5.60 Å². The molecule has 1 aliphatic rings. The third kappa shape index (κ3) is 6.61. The lowest BCUT2D eigenvalue weighted by Gasteiger charge is -2.32. The van der Waals surface area contributed by atoms with E-state index < -0.39 is 11.6 Å². The number of carboxylic acids is 1. The van der Waals surface area contributed by atoms with Crippen molar-refractivity contribution in [1.29, 1.82) is 0 Å². The van der Waals surface area contributed by atoms with E-state index in [1.54, 1.807) is 0 Å². The number of allylic oxidation sites excluding steroid dienone is 2. The zero-order chi connectivity index (χ0) is 15.7. The first kappa shape index (κ1) is 17.5. The molecule has 21 heavy (non-hydrogen) atoms. The van der Waals surface area contributed by atoms with Crippen molar-refractivity contribution in [2.45, 2.75) is 64.4 Å². The molecule has 0 amide bonds. The number of aliphatic carboxylic acids is 1. The summed E-state index contributed by atoms with van der Waals surface area (Å²) in [5.41, 5.74) is -0.534. The molecule has 0 aromatic heterocycles. The maximum absolute atomic E-state index is 11.9. The maximum atomic E-state index is 11.9. The van der Waals surface area contributed by atoms with E-state index in [1.165, 1.54) is 0 Å². The van der Waals surface area contributed by atoms with Gasteiger partial charge in [-0.2, -0.15) is 0 Å². The summed E-state index contributed by atoms with van der Waals surface area (Å²) < 4.78 is 5.60. The molecule has 2 atom stereocenters. The second-order valence-corrected chi connectivity index (χ2v) is 5.85. The van der Waals surface area contributed by atoms with Gasteiger partial charge < -0.3 is 9.84 Å². The third-order valence-electron chi connectivity index (χ3n) is 3.95. The van der Waals surface area contributed by atoms with Crippen LogP contribution in [-0.2, 0) is 14.3 Å². The van der Waals surface area contributed by atoms with E-state index in [0.717, 1.165) is 25.7 Å². The smallest absolute Gasteiger partial charge is 0.306 e. The van der Waals surface area contributed by atoms with Gasteiger partial charge in [0.05, 0.1) is 0 Å². The molecule has 0 aromatic carbocycles. The van der Waals surface area contributed by atoms with Crippen LogP contribution in [0.5, 0.6) is 0 Å². The van der Waals surface area contributed by atoms with Crippen LogP contribution in [0.25, 0.3) is 0 Å². The van der Waals surface area contributed by atoms with Gasteiger partial charge in [0.25, 0.3) is 0 Å². The monoisotopic (exact) mass is 294 g/mol. The second-order valence-electron chi connectivity index (χ2n) is 5.85. The molecule has 1 aliphatic carbocycles. The molecule has 0 fully saturated rings. The Labute approximate surface area is 126 Å². The van der Waals surface area contributed by atoms with Gasteiger partial charge in [-0.25, -0.2) is 0 Å². The Kier molecular flexibility index (Phi) is 7.20. The summed E-state index contributed by atoms with van der Waals surface area (Å²) in [7, 11) is 0. The SMILES string of the molecule is CC1C=CC=CC1(C)OC(=O)CCCCCCCC(=O)O. The van der Waals surface area contributed by atoms with E-state index in [2.05, 4.69) is 0 Å². The molecule has 0 saturated heterocycles. The third-order valence-corrected chi connectivity index (χ3v) is 3.95. The Hall–Kier alpha value is -1.58. The zero-order valence-electron chi connectivity index (χ0n) is 13.0. The molecule has 1 rings (SSSR count). The van der Waals surface area contributed by atoms with Crippen LogP contribution in [-0.4, -0.2) is 22.6 Å². The van der Waals surface area contributed by atoms with Gasteiger partial charge in [0.15, 0.2) is 0 Å². The van der Waals surface area contributed by atoms with E-state index in [1.807, 2.05) is 38.2 Å². The highest BCUT2D eigenvalue weighted by Gasteiger charge is 2.32. The summed E-state index contributed by atoms with van der Waals surface area (Å²) in [5, 5.41) is 8.52. The van der Waals surface area contributed by atoms with Crippen molar-refractivity contribution in [3.05, 3.63) is 24.3 Å². The standard InChI is InChI=1S/C17H26O4/c1-14-10-8-9-13-17(14,2)21-16(20)12-7-5-3-4-6-11-15(18)19/h8-10,13-14H,3-7,11-12H2,1-2H3,(H,18,19). The topological polar surface area (TPSA) is 63.6 Å². The molecule has 0 spiro atoms. The van der Waals surface area contributed by atoms with Crippen LogP contribution in [0.2, 0.25) is 0 Å². The summed E-state index contributed by atoms with van der Waals surface area (Å²) in [5.74, 6) is -0.715. The van der Waals surface area contributed by atoms with Gasteiger partial charge in [0.2, 0.25) is 0 Å². The lowest BCUT2D eigenvalue weighted by molar-refractivity contribution is -0.156. The number of carbonyl (C=O) groups is 2. The largest absolute Gasteiger partial charge is 0.481 e. The molecule has 4 heteroatoms. The van der Waals surface area contributed by atoms with Crippen LogP contribution in [0.1, 0.15) is 58.8 Å². The molecule has 118 valence electrons. The number of rotatable bonds is 9. The summed E-state index contributed by atoms with van der Waals surface area (Å²) >= 11 is 0. The fraction of sp³-hybridized carbons (Fsp3) is 0.647. The highest BCUT2D eigenvalue weighted by molar-refractivity contribution is 5.70. The van der Waals surface area contributed by atoms with Gasteiger partial charge in [0, 0.05) is 18.8 Å². The van der Waals surface area contributed by atoms with Gasteiger partial charge in [-0.3, -0.25) is 9.59 Å². The molecule has 0 aliphatic heterocycles. The van der Waals surface area contributed by atoms with Crippen molar-refractivity contribution in [3.8, 4) is 0 Å². The fourth-order valence-corrected chi connectivity index (χ4v) is 2.32. The Morgan fingerprint density at radius 2 is 1.71 bits per heavy atom. The number of hydrogen-bond donors (Lipinski definition) is 1.